The Hall–Kier alpha value is -1.47. The van der Waals surface area contributed by atoms with E-state index in [0.717, 1.165) is 31.4 Å². The molecule has 0 saturated carbocycles. The molecule has 0 atom stereocenters. The minimum Gasteiger partial charge on any atom is -0.352 e. The third kappa shape index (κ3) is 4.28. The van der Waals surface area contributed by atoms with Gasteiger partial charge < -0.3 is 5.32 Å². The van der Waals surface area contributed by atoms with E-state index >= 15 is 0 Å². The molecule has 0 radical (unpaired) electrons. The number of benzene rings is 1. The molecule has 1 rings (SSSR count). The Balaban J connectivity index is 3.01. The Bertz CT molecular complexity index is 600. The molecule has 0 aliphatic heterocycles. The number of nitrogens with one attached hydrogen (secondary N) is 1. The zero-order valence-electron chi connectivity index (χ0n) is 11.6. The molecule has 0 spiro atoms. The van der Waals surface area contributed by atoms with Gasteiger partial charge in [0.05, 0.1) is 4.90 Å². The van der Waals surface area contributed by atoms with E-state index < -0.39 is 21.7 Å². The van der Waals surface area contributed by atoms with Crippen molar-refractivity contribution in [1.82, 2.24) is 5.32 Å². The topological polar surface area (TPSA) is 89.3 Å². The number of hydrogen-bond acceptors (Lipinski definition) is 3. The molecule has 0 aliphatic carbocycles. The highest BCUT2D eigenvalue weighted by atomic mass is 32.2. The lowest BCUT2D eigenvalue weighted by Crippen LogP contribution is -2.26. The van der Waals surface area contributed by atoms with Crippen molar-refractivity contribution in [2.75, 3.05) is 6.54 Å². The van der Waals surface area contributed by atoms with Crippen LogP contribution in [-0.4, -0.2) is 20.9 Å². The highest BCUT2D eigenvalue weighted by Crippen LogP contribution is 2.20. The van der Waals surface area contributed by atoms with Gasteiger partial charge in [-0.1, -0.05) is 19.8 Å². The predicted octanol–water partition coefficient (Wildman–Crippen LogP) is 1.70. The average Bonchev–Trinajstić information content (AvgIpc) is 2.35. The minimum atomic E-state index is -4.06. The largest absolute Gasteiger partial charge is 0.352 e. The van der Waals surface area contributed by atoms with Gasteiger partial charge >= 0.3 is 0 Å². The van der Waals surface area contributed by atoms with Crippen LogP contribution in [0.25, 0.3) is 0 Å². The molecule has 0 unspecified atom stereocenters. The van der Waals surface area contributed by atoms with Crippen LogP contribution in [0.3, 0.4) is 0 Å². The van der Waals surface area contributed by atoms with E-state index in [0.29, 0.717) is 6.54 Å². The summed E-state index contributed by atoms with van der Waals surface area (Å²) in [5.41, 5.74) is 0.146. The zero-order valence-corrected chi connectivity index (χ0v) is 12.4. The first-order valence-corrected chi connectivity index (χ1v) is 7.93. The zero-order chi connectivity index (χ0) is 15.3. The highest BCUT2D eigenvalue weighted by molar-refractivity contribution is 7.89. The molecule has 0 fully saturated rings. The number of hydrogen-bond donors (Lipinski definition) is 2. The van der Waals surface area contributed by atoms with Gasteiger partial charge in [0, 0.05) is 12.1 Å². The second-order valence-corrected chi connectivity index (χ2v) is 6.11. The summed E-state index contributed by atoms with van der Waals surface area (Å²) in [6, 6.07) is 1.83. The van der Waals surface area contributed by atoms with Crippen LogP contribution in [-0.2, 0) is 10.0 Å². The molecule has 1 amide bonds. The summed E-state index contributed by atoms with van der Waals surface area (Å²) in [6.45, 7) is 3.93. The molecule has 3 N–H and O–H groups in total. The van der Waals surface area contributed by atoms with E-state index in [-0.39, 0.29) is 16.0 Å². The summed E-state index contributed by atoms with van der Waals surface area (Å²) < 4.78 is 36.2. The molecule has 20 heavy (non-hydrogen) atoms. The lowest BCUT2D eigenvalue weighted by Gasteiger charge is -2.11. The van der Waals surface area contributed by atoms with Crippen molar-refractivity contribution in [3.8, 4) is 0 Å². The Kier molecular flexibility index (Phi) is 5.64. The first kappa shape index (κ1) is 16.6. The van der Waals surface area contributed by atoms with E-state index in [1.54, 1.807) is 0 Å². The minimum absolute atomic E-state index is 0.00877. The molecule has 112 valence electrons. The fourth-order valence-corrected chi connectivity index (χ4v) is 2.67. The second kappa shape index (κ2) is 6.81. The van der Waals surface area contributed by atoms with Crippen LogP contribution in [0, 0.1) is 12.7 Å². The molecular formula is C13H19FN2O3S. The molecule has 0 heterocycles. The summed E-state index contributed by atoms with van der Waals surface area (Å²) in [4.78, 5) is 11.6. The van der Waals surface area contributed by atoms with Crippen molar-refractivity contribution < 1.29 is 17.6 Å². The Morgan fingerprint density at radius 3 is 2.55 bits per heavy atom. The van der Waals surface area contributed by atoms with Crippen LogP contribution < -0.4 is 10.5 Å². The molecule has 0 aliphatic rings. The SMILES string of the molecule is CCCCCNC(=O)c1cc(F)cc(S(N)(=O)=O)c1C. The number of nitrogens with two attached hydrogens (primary N) is 1. The second-order valence-electron chi connectivity index (χ2n) is 4.58. The Morgan fingerprint density at radius 1 is 1.35 bits per heavy atom. The lowest BCUT2D eigenvalue weighted by atomic mass is 10.1. The number of carbonyl (C=O) groups is 1. The van der Waals surface area contributed by atoms with E-state index in [1.807, 2.05) is 6.92 Å². The van der Waals surface area contributed by atoms with Gasteiger partial charge in [0.25, 0.3) is 5.91 Å². The van der Waals surface area contributed by atoms with Crippen molar-refractivity contribution in [1.29, 1.82) is 0 Å². The maximum atomic E-state index is 13.4. The van der Waals surface area contributed by atoms with Gasteiger partial charge in [0.15, 0.2) is 0 Å². The van der Waals surface area contributed by atoms with Gasteiger partial charge in [-0.25, -0.2) is 17.9 Å². The van der Waals surface area contributed by atoms with Gasteiger partial charge in [-0.2, -0.15) is 0 Å². The first-order valence-electron chi connectivity index (χ1n) is 6.38. The molecule has 1 aromatic carbocycles. The Morgan fingerprint density at radius 2 is 2.00 bits per heavy atom. The van der Waals surface area contributed by atoms with Crippen LogP contribution in [0.2, 0.25) is 0 Å². The van der Waals surface area contributed by atoms with E-state index in [2.05, 4.69) is 5.32 Å². The molecule has 0 bridgehead atoms. The highest BCUT2D eigenvalue weighted by Gasteiger charge is 2.19. The van der Waals surface area contributed by atoms with Crippen molar-refractivity contribution >= 4 is 15.9 Å². The molecule has 0 aromatic heterocycles. The summed E-state index contributed by atoms with van der Waals surface area (Å²) in [5.74, 6) is -1.30. The maximum Gasteiger partial charge on any atom is 0.251 e. The number of amides is 1. The third-order valence-corrected chi connectivity index (χ3v) is 3.98. The number of halogens is 1. The molecule has 1 aromatic rings. The van der Waals surface area contributed by atoms with Crippen molar-refractivity contribution in [2.45, 2.75) is 38.0 Å². The third-order valence-electron chi connectivity index (χ3n) is 2.94. The molecular weight excluding hydrogens is 283 g/mol. The summed E-state index contributed by atoms with van der Waals surface area (Å²) >= 11 is 0. The number of primary sulfonamides is 1. The van der Waals surface area contributed by atoms with Crippen LogP contribution in [0.15, 0.2) is 17.0 Å². The van der Waals surface area contributed by atoms with Gasteiger partial charge in [-0.3, -0.25) is 4.79 Å². The van der Waals surface area contributed by atoms with Crippen LogP contribution >= 0.6 is 0 Å². The van der Waals surface area contributed by atoms with Crippen LogP contribution in [0.1, 0.15) is 42.1 Å². The van der Waals surface area contributed by atoms with E-state index in [1.165, 1.54) is 6.92 Å². The summed E-state index contributed by atoms with van der Waals surface area (Å²) in [5, 5.41) is 7.65. The van der Waals surface area contributed by atoms with E-state index in [4.69, 9.17) is 5.14 Å². The van der Waals surface area contributed by atoms with Gasteiger partial charge in [0.1, 0.15) is 5.82 Å². The fraction of sp³-hybridized carbons (Fsp3) is 0.462. The van der Waals surface area contributed by atoms with Crippen molar-refractivity contribution in [3.63, 3.8) is 0 Å². The van der Waals surface area contributed by atoms with Gasteiger partial charge in [-0.05, 0) is 31.0 Å². The van der Waals surface area contributed by atoms with Crippen LogP contribution in [0.5, 0.6) is 0 Å². The number of unbranched alkanes of at least 4 members (excludes halogenated alkanes) is 2. The monoisotopic (exact) mass is 302 g/mol. The van der Waals surface area contributed by atoms with E-state index in [9.17, 15) is 17.6 Å². The lowest BCUT2D eigenvalue weighted by molar-refractivity contribution is 0.0951. The standard InChI is InChI=1S/C13H19FN2O3S/c1-3-4-5-6-16-13(17)11-7-10(14)8-12(9(11)2)20(15,18)19/h7-8H,3-6H2,1-2H3,(H,16,17)(H2,15,18,19). The predicted molar refractivity (Wildman–Crippen MR) is 74.4 cm³/mol. The van der Waals surface area contributed by atoms with Gasteiger partial charge in [0.2, 0.25) is 10.0 Å². The number of rotatable bonds is 6. The molecule has 5 nitrogen and oxygen atoms in total. The molecule has 7 heteroatoms. The normalized spacial score (nSPS) is 11.4. The smallest absolute Gasteiger partial charge is 0.251 e. The maximum absolute atomic E-state index is 13.4. The first-order chi connectivity index (χ1) is 9.27. The Labute approximate surface area is 118 Å². The van der Waals surface area contributed by atoms with Crippen LogP contribution in [0.4, 0.5) is 4.39 Å². The summed E-state index contributed by atoms with van der Waals surface area (Å²) in [7, 11) is -4.06. The quantitative estimate of drug-likeness (QED) is 0.784. The van der Waals surface area contributed by atoms with Crippen molar-refractivity contribution in [2.24, 2.45) is 5.14 Å². The van der Waals surface area contributed by atoms with Crippen molar-refractivity contribution in [3.05, 3.63) is 29.1 Å². The van der Waals surface area contributed by atoms with Gasteiger partial charge in [-0.15, -0.1) is 0 Å². The molecule has 0 saturated heterocycles. The number of carbonyl (C=O) groups excluding carboxylic acids is 1. The average molecular weight is 302 g/mol. The number of sulfonamides is 1. The summed E-state index contributed by atoms with van der Waals surface area (Å²) in [6.07, 6.45) is 2.81. The fourth-order valence-electron chi connectivity index (χ4n) is 1.86.